The van der Waals surface area contributed by atoms with Crippen LogP contribution in [0.25, 0.3) is 11.1 Å². The van der Waals surface area contributed by atoms with Gasteiger partial charge in [0.25, 0.3) is 5.91 Å². The highest BCUT2D eigenvalue weighted by molar-refractivity contribution is 6.36. The number of nitrogens with zero attached hydrogens (tertiary/aromatic N) is 3. The first-order valence-corrected chi connectivity index (χ1v) is 14.7. The molecule has 2 heterocycles. The van der Waals surface area contributed by atoms with E-state index in [1.165, 1.54) is 0 Å². The Balaban J connectivity index is 0.00000370. The fourth-order valence-electron chi connectivity index (χ4n) is 6.18. The van der Waals surface area contributed by atoms with E-state index in [0.29, 0.717) is 54.8 Å². The Bertz CT molecular complexity index is 1160. The predicted octanol–water partition coefficient (Wildman–Crippen LogP) is 5.50. The number of amides is 2. The number of aliphatic hydroxyl groups is 1. The Labute approximate surface area is 251 Å². The monoisotopic (exact) mass is 611 g/mol. The van der Waals surface area contributed by atoms with Crippen molar-refractivity contribution in [2.75, 3.05) is 45.9 Å². The average Bonchev–Trinajstić information content (AvgIpc) is 3.31. The van der Waals surface area contributed by atoms with Crippen LogP contribution in [0.1, 0.15) is 48.0 Å². The fraction of sp³-hybridized carbons (Fsp3) is 0.533. The number of carbonyl (C=O) groups excluding carboxylic acids is 2. The van der Waals surface area contributed by atoms with E-state index in [2.05, 4.69) is 0 Å². The number of likely N-dealkylation sites (tertiary alicyclic amines) is 1. The molecule has 0 unspecified atom stereocenters. The summed E-state index contributed by atoms with van der Waals surface area (Å²) >= 11 is 13.4. The van der Waals surface area contributed by atoms with Gasteiger partial charge in [-0.15, -0.1) is 12.4 Å². The second-order valence-electron chi connectivity index (χ2n) is 11.0. The molecule has 2 saturated heterocycles. The van der Waals surface area contributed by atoms with Crippen molar-refractivity contribution in [3.8, 4) is 11.1 Å². The average molecular weight is 613 g/mol. The molecule has 2 aromatic rings. The van der Waals surface area contributed by atoms with Crippen LogP contribution < -0.4 is 0 Å². The topological polar surface area (TPSA) is 64.1 Å². The van der Waals surface area contributed by atoms with Gasteiger partial charge in [0.2, 0.25) is 5.91 Å². The lowest BCUT2D eigenvalue weighted by Crippen LogP contribution is -2.49. The van der Waals surface area contributed by atoms with Crippen LogP contribution in [-0.4, -0.2) is 89.7 Å². The van der Waals surface area contributed by atoms with Gasteiger partial charge in [-0.05, 0) is 79.5 Å². The van der Waals surface area contributed by atoms with Gasteiger partial charge in [0.1, 0.15) is 6.67 Å². The lowest BCUT2D eigenvalue weighted by atomic mass is 9.92. The summed E-state index contributed by atoms with van der Waals surface area (Å²) in [4.78, 5) is 32.0. The van der Waals surface area contributed by atoms with Crippen LogP contribution in [0.15, 0.2) is 36.4 Å². The van der Waals surface area contributed by atoms with E-state index in [1.807, 2.05) is 51.1 Å². The molecule has 0 radical (unpaired) electrons. The van der Waals surface area contributed by atoms with Crippen molar-refractivity contribution in [1.29, 1.82) is 0 Å². The molecule has 5 rings (SSSR count). The quantitative estimate of drug-likeness (QED) is 0.448. The van der Waals surface area contributed by atoms with Crippen LogP contribution in [0.2, 0.25) is 10.0 Å². The summed E-state index contributed by atoms with van der Waals surface area (Å²) in [6, 6.07) is 11.4. The van der Waals surface area contributed by atoms with Crippen LogP contribution in [0.3, 0.4) is 0 Å². The standard InChI is InChI=1S/C30H36Cl2FN3O3.ClH/c31-27-18-23(20-1-3-21(4-2-20)29(38)35-15-13-34(12-10-33)14-16-35)19-28(32)26(27)17-22-9-11-36(30(22)39)24-5-7-25(37)8-6-24;/h1-4,18-19,22,24-25,37H,5-17H2;1H/t22-,24?,25?;/m0./s1. The summed E-state index contributed by atoms with van der Waals surface area (Å²) in [5, 5.41) is 10.9. The number of carbonyl (C=O) groups is 2. The maximum Gasteiger partial charge on any atom is 0.253 e. The Morgan fingerprint density at radius 2 is 1.52 bits per heavy atom. The number of rotatable bonds is 7. The molecule has 1 saturated carbocycles. The Morgan fingerprint density at radius 1 is 0.900 bits per heavy atom. The Hall–Kier alpha value is -1.90. The van der Waals surface area contributed by atoms with E-state index < -0.39 is 0 Å². The van der Waals surface area contributed by atoms with Crippen molar-refractivity contribution in [3.05, 3.63) is 57.6 Å². The molecule has 40 heavy (non-hydrogen) atoms. The molecule has 1 N–H and O–H groups in total. The summed E-state index contributed by atoms with van der Waals surface area (Å²) in [5.74, 6) is 0.00561. The molecular weight excluding hydrogens is 576 g/mol. The van der Waals surface area contributed by atoms with Crippen molar-refractivity contribution in [3.63, 3.8) is 0 Å². The molecule has 1 atom stereocenters. The van der Waals surface area contributed by atoms with E-state index in [4.69, 9.17) is 23.2 Å². The van der Waals surface area contributed by atoms with Crippen molar-refractivity contribution in [2.24, 2.45) is 5.92 Å². The lowest BCUT2D eigenvalue weighted by Gasteiger charge is -2.34. The van der Waals surface area contributed by atoms with E-state index in [-0.39, 0.29) is 49.0 Å². The third kappa shape index (κ3) is 6.93. The molecule has 2 aromatic carbocycles. The number of hydrogen-bond donors (Lipinski definition) is 1. The van der Waals surface area contributed by atoms with Gasteiger partial charge in [0.05, 0.1) is 6.10 Å². The Morgan fingerprint density at radius 3 is 2.12 bits per heavy atom. The first kappa shape index (κ1) is 31.0. The molecule has 10 heteroatoms. The van der Waals surface area contributed by atoms with Crippen molar-refractivity contribution < 1.29 is 19.1 Å². The molecule has 6 nitrogen and oxygen atoms in total. The summed E-state index contributed by atoms with van der Waals surface area (Å²) < 4.78 is 12.6. The lowest BCUT2D eigenvalue weighted by molar-refractivity contribution is -0.133. The van der Waals surface area contributed by atoms with Gasteiger partial charge in [0, 0.05) is 66.8 Å². The number of piperazine rings is 1. The third-order valence-corrected chi connectivity index (χ3v) is 9.25. The van der Waals surface area contributed by atoms with Crippen LogP contribution in [-0.2, 0) is 11.2 Å². The highest BCUT2D eigenvalue weighted by Crippen LogP contribution is 2.36. The van der Waals surface area contributed by atoms with Gasteiger partial charge in [-0.3, -0.25) is 14.5 Å². The molecule has 218 valence electrons. The highest BCUT2D eigenvalue weighted by Gasteiger charge is 2.37. The van der Waals surface area contributed by atoms with E-state index >= 15 is 0 Å². The van der Waals surface area contributed by atoms with E-state index in [1.54, 1.807) is 0 Å². The smallest absolute Gasteiger partial charge is 0.253 e. The minimum Gasteiger partial charge on any atom is -0.393 e. The van der Waals surface area contributed by atoms with Gasteiger partial charge in [0.15, 0.2) is 0 Å². The maximum absolute atomic E-state index is 13.2. The summed E-state index contributed by atoms with van der Waals surface area (Å²) in [6.07, 6.45) is 4.28. The zero-order valence-corrected chi connectivity index (χ0v) is 24.9. The van der Waals surface area contributed by atoms with E-state index in [9.17, 15) is 19.1 Å². The van der Waals surface area contributed by atoms with Gasteiger partial charge in [-0.25, -0.2) is 4.39 Å². The van der Waals surface area contributed by atoms with Crippen molar-refractivity contribution in [1.82, 2.24) is 14.7 Å². The molecule has 1 aliphatic carbocycles. The summed E-state index contributed by atoms with van der Waals surface area (Å²) in [7, 11) is 0. The minimum absolute atomic E-state index is 0. The first-order chi connectivity index (χ1) is 18.8. The molecule has 0 spiro atoms. The van der Waals surface area contributed by atoms with Crippen LogP contribution in [0, 0.1) is 5.92 Å². The zero-order chi connectivity index (χ0) is 27.5. The molecule has 2 amide bonds. The van der Waals surface area contributed by atoms with Crippen LogP contribution >= 0.6 is 35.6 Å². The molecular formula is C30H37Cl3FN3O3. The van der Waals surface area contributed by atoms with Crippen molar-refractivity contribution in [2.45, 2.75) is 50.7 Å². The van der Waals surface area contributed by atoms with Crippen LogP contribution in [0.4, 0.5) is 4.39 Å². The second-order valence-corrected chi connectivity index (χ2v) is 11.8. The van der Waals surface area contributed by atoms with Crippen LogP contribution in [0.5, 0.6) is 0 Å². The molecule has 0 aromatic heterocycles. The zero-order valence-electron chi connectivity index (χ0n) is 22.5. The van der Waals surface area contributed by atoms with Gasteiger partial charge in [-0.1, -0.05) is 35.3 Å². The number of alkyl halides is 1. The van der Waals surface area contributed by atoms with E-state index in [0.717, 1.165) is 55.3 Å². The maximum atomic E-state index is 13.2. The SMILES string of the molecule is Cl.O=C(c1ccc(-c2cc(Cl)c(C[C@@H]3CCN(C4CCC(O)CC4)C3=O)c(Cl)c2)cc1)N1CCN(CCF)CC1. The largest absolute Gasteiger partial charge is 0.393 e. The van der Waals surface area contributed by atoms with Gasteiger partial charge in [-0.2, -0.15) is 0 Å². The molecule has 3 aliphatic rings. The number of benzene rings is 2. The minimum atomic E-state index is -0.366. The van der Waals surface area contributed by atoms with Crippen molar-refractivity contribution >= 4 is 47.4 Å². The third-order valence-electron chi connectivity index (χ3n) is 8.57. The second kappa shape index (κ2) is 13.8. The number of hydrogen-bond acceptors (Lipinski definition) is 4. The fourth-order valence-corrected chi connectivity index (χ4v) is 6.82. The molecule has 0 bridgehead atoms. The summed E-state index contributed by atoms with van der Waals surface area (Å²) in [5.41, 5.74) is 3.16. The first-order valence-electron chi connectivity index (χ1n) is 14.0. The summed E-state index contributed by atoms with van der Waals surface area (Å²) in [6.45, 7) is 3.36. The molecule has 2 aliphatic heterocycles. The normalized spacial score (nSPS) is 23.8. The van der Waals surface area contributed by atoms with Gasteiger partial charge >= 0.3 is 0 Å². The molecule has 3 fully saturated rings. The van der Waals surface area contributed by atoms with Gasteiger partial charge < -0.3 is 14.9 Å². The number of halogens is 4. The highest BCUT2D eigenvalue weighted by atomic mass is 35.5. The number of aliphatic hydroxyl groups excluding tert-OH is 1. The predicted molar refractivity (Wildman–Crippen MR) is 159 cm³/mol. The Kier molecular flexibility index (Phi) is 10.7.